The molecule has 0 radical (unpaired) electrons. The number of benzene rings is 2. The predicted octanol–water partition coefficient (Wildman–Crippen LogP) is 3.96. The van der Waals surface area contributed by atoms with Crippen molar-refractivity contribution in [2.75, 3.05) is 46.4 Å². The first-order chi connectivity index (χ1) is 18.8. The molecule has 2 aliphatic heterocycles. The van der Waals surface area contributed by atoms with Gasteiger partial charge in [-0.25, -0.2) is 13.6 Å². The van der Waals surface area contributed by atoms with Gasteiger partial charge < -0.3 is 28.9 Å². The van der Waals surface area contributed by atoms with Gasteiger partial charge in [-0.05, 0) is 63.1 Å². The highest BCUT2D eigenvalue weighted by atomic mass is 19.1. The zero-order valence-electron chi connectivity index (χ0n) is 22.3. The molecule has 0 N–H and O–H groups in total. The number of nitrogens with zero attached hydrogens (tertiary/aromatic N) is 3. The number of hydrogen-bond acceptors (Lipinski definition) is 6. The molecule has 2 aliphatic rings. The van der Waals surface area contributed by atoms with Gasteiger partial charge in [0.1, 0.15) is 29.7 Å². The highest BCUT2D eigenvalue weighted by Gasteiger charge is 2.39. The van der Waals surface area contributed by atoms with Gasteiger partial charge in [0, 0.05) is 32.2 Å². The molecule has 4 rings (SSSR count). The van der Waals surface area contributed by atoms with E-state index in [1.54, 1.807) is 50.1 Å². The van der Waals surface area contributed by atoms with Crippen LogP contribution in [-0.4, -0.2) is 91.2 Å². The lowest BCUT2D eigenvalue weighted by atomic mass is 9.99. The fraction of sp³-hybridized carbons (Fsp3) is 0.464. The van der Waals surface area contributed by atoms with Crippen LogP contribution in [0.1, 0.15) is 47.4 Å². The number of likely N-dealkylation sites (tertiary alicyclic amines) is 1. The van der Waals surface area contributed by atoms with Crippen molar-refractivity contribution < 1.29 is 37.4 Å². The van der Waals surface area contributed by atoms with Crippen LogP contribution in [0.4, 0.5) is 13.6 Å². The highest BCUT2D eigenvalue weighted by molar-refractivity contribution is 6.07. The lowest BCUT2D eigenvalue weighted by Crippen LogP contribution is -2.48. The molecule has 39 heavy (non-hydrogen) atoms. The van der Waals surface area contributed by atoms with E-state index >= 15 is 0 Å². The zero-order chi connectivity index (χ0) is 28.1. The zero-order valence-corrected chi connectivity index (χ0v) is 22.3. The molecule has 9 nitrogen and oxygen atoms in total. The summed E-state index contributed by atoms with van der Waals surface area (Å²) in [5.41, 5.74) is -1.10. The molecule has 0 bridgehead atoms. The van der Waals surface area contributed by atoms with Crippen LogP contribution >= 0.6 is 0 Å². The highest BCUT2D eigenvalue weighted by Crippen LogP contribution is 2.27. The first-order valence-corrected chi connectivity index (χ1v) is 13.1. The Morgan fingerprint density at radius 2 is 1.56 bits per heavy atom. The summed E-state index contributed by atoms with van der Waals surface area (Å²) in [4.78, 5) is 43.2. The summed E-state index contributed by atoms with van der Waals surface area (Å²) in [5, 5.41) is 0. The Labute approximate surface area is 226 Å². The molecule has 2 fully saturated rings. The molecular formula is C28H33F2N3O6. The number of carbonyl (C=O) groups is 3. The molecule has 1 unspecified atom stereocenters. The van der Waals surface area contributed by atoms with Gasteiger partial charge in [-0.2, -0.15) is 0 Å². The Kier molecular flexibility index (Phi) is 8.88. The number of ether oxygens (including phenoxy) is 3. The predicted molar refractivity (Wildman–Crippen MR) is 138 cm³/mol. The van der Waals surface area contributed by atoms with Crippen molar-refractivity contribution in [2.24, 2.45) is 0 Å². The lowest BCUT2D eigenvalue weighted by molar-refractivity contribution is 0.0639. The molecular weight excluding hydrogens is 512 g/mol. The Balaban J connectivity index is 1.37. The summed E-state index contributed by atoms with van der Waals surface area (Å²) in [6, 6.07) is 8.63. The van der Waals surface area contributed by atoms with E-state index < -0.39 is 46.8 Å². The van der Waals surface area contributed by atoms with Gasteiger partial charge in [-0.1, -0.05) is 0 Å². The number of carbonyl (C=O) groups excluding carboxylic acids is 3. The average molecular weight is 546 g/mol. The van der Waals surface area contributed by atoms with Gasteiger partial charge >= 0.3 is 6.09 Å². The van der Waals surface area contributed by atoms with E-state index in [0.29, 0.717) is 44.0 Å². The van der Waals surface area contributed by atoms with E-state index in [9.17, 15) is 23.2 Å². The summed E-state index contributed by atoms with van der Waals surface area (Å²) in [6.07, 6.45) is -0.0348. The fourth-order valence-corrected chi connectivity index (χ4v) is 4.97. The van der Waals surface area contributed by atoms with E-state index in [-0.39, 0.29) is 25.7 Å². The minimum Gasteiger partial charge on any atom is -0.497 e. The molecule has 0 saturated carbocycles. The normalized spacial score (nSPS) is 17.7. The van der Waals surface area contributed by atoms with Crippen LogP contribution < -0.4 is 9.47 Å². The third kappa shape index (κ3) is 6.07. The first kappa shape index (κ1) is 28.1. The fourth-order valence-electron chi connectivity index (χ4n) is 4.97. The second kappa shape index (κ2) is 12.3. The van der Waals surface area contributed by atoms with Crippen molar-refractivity contribution in [2.45, 2.75) is 38.8 Å². The second-order valence-corrected chi connectivity index (χ2v) is 9.42. The topological polar surface area (TPSA) is 88.6 Å². The third-order valence-corrected chi connectivity index (χ3v) is 7.17. The van der Waals surface area contributed by atoms with Crippen molar-refractivity contribution in [1.29, 1.82) is 0 Å². The lowest BCUT2D eigenvalue weighted by Gasteiger charge is -2.36. The van der Waals surface area contributed by atoms with Crippen LogP contribution in [0.15, 0.2) is 36.4 Å². The van der Waals surface area contributed by atoms with E-state index in [2.05, 4.69) is 0 Å². The summed E-state index contributed by atoms with van der Waals surface area (Å²) in [6.45, 7) is 5.01. The molecule has 2 heterocycles. The summed E-state index contributed by atoms with van der Waals surface area (Å²) < 4.78 is 45.9. The molecule has 210 valence electrons. The molecule has 2 aromatic rings. The summed E-state index contributed by atoms with van der Waals surface area (Å²) in [7, 11) is 1.58. The van der Waals surface area contributed by atoms with E-state index in [4.69, 9.17) is 14.2 Å². The Hall–Kier alpha value is -3.89. The van der Waals surface area contributed by atoms with Gasteiger partial charge in [-0.15, -0.1) is 0 Å². The van der Waals surface area contributed by atoms with Crippen LogP contribution in [0.5, 0.6) is 11.5 Å². The van der Waals surface area contributed by atoms with E-state index in [1.165, 1.54) is 9.80 Å². The van der Waals surface area contributed by atoms with Crippen molar-refractivity contribution >= 4 is 17.9 Å². The Morgan fingerprint density at radius 1 is 0.974 bits per heavy atom. The second-order valence-electron chi connectivity index (χ2n) is 9.42. The van der Waals surface area contributed by atoms with E-state index in [1.807, 2.05) is 0 Å². The number of halogens is 2. The van der Waals surface area contributed by atoms with Gasteiger partial charge in [0.15, 0.2) is 6.10 Å². The number of amides is 3. The van der Waals surface area contributed by atoms with Gasteiger partial charge in [0.25, 0.3) is 11.8 Å². The molecule has 11 heteroatoms. The number of hydrogen-bond donors (Lipinski definition) is 0. The summed E-state index contributed by atoms with van der Waals surface area (Å²) >= 11 is 0. The van der Waals surface area contributed by atoms with Crippen LogP contribution in [0, 0.1) is 11.6 Å². The quantitative estimate of drug-likeness (QED) is 0.474. The molecule has 0 spiro atoms. The number of methoxy groups -OCH3 is 1. The Bertz CT molecular complexity index is 1200. The van der Waals surface area contributed by atoms with Crippen LogP contribution in [0.3, 0.4) is 0 Å². The average Bonchev–Trinajstić information content (AvgIpc) is 3.33. The SMILES string of the molecule is CCN(CC)C(=O)c1c(F)ccc(F)c1C(=O)N1CCC(N2CC(COc3ccc(OC)cc3)OC2=O)CC1. The molecule has 1 atom stereocenters. The number of piperidine rings is 1. The van der Waals surface area contributed by atoms with Crippen LogP contribution in [-0.2, 0) is 4.74 Å². The van der Waals surface area contributed by atoms with Gasteiger partial charge in [-0.3, -0.25) is 9.59 Å². The maximum Gasteiger partial charge on any atom is 0.410 e. The largest absolute Gasteiger partial charge is 0.497 e. The third-order valence-electron chi connectivity index (χ3n) is 7.17. The van der Waals surface area contributed by atoms with Crippen LogP contribution in [0.25, 0.3) is 0 Å². The van der Waals surface area contributed by atoms with Gasteiger partial charge in [0.05, 0.1) is 24.8 Å². The number of rotatable bonds is 9. The molecule has 2 aromatic carbocycles. The Morgan fingerprint density at radius 3 is 2.15 bits per heavy atom. The monoisotopic (exact) mass is 545 g/mol. The maximum atomic E-state index is 14.8. The maximum absolute atomic E-state index is 14.8. The van der Waals surface area contributed by atoms with Crippen molar-refractivity contribution in [1.82, 2.24) is 14.7 Å². The molecule has 0 aliphatic carbocycles. The van der Waals surface area contributed by atoms with Crippen LogP contribution in [0.2, 0.25) is 0 Å². The summed E-state index contributed by atoms with van der Waals surface area (Å²) in [5.74, 6) is -2.01. The minimum absolute atomic E-state index is 0.179. The smallest absolute Gasteiger partial charge is 0.410 e. The molecule has 2 saturated heterocycles. The number of cyclic esters (lactones) is 1. The van der Waals surface area contributed by atoms with Crippen molar-refractivity contribution in [3.05, 3.63) is 59.2 Å². The molecule has 0 aromatic heterocycles. The first-order valence-electron chi connectivity index (χ1n) is 13.1. The molecule has 3 amide bonds. The van der Waals surface area contributed by atoms with Gasteiger partial charge in [0.2, 0.25) is 0 Å². The standard InChI is InChI=1S/C28H33F2N3O6/c1-4-31(5-2)26(34)24-22(29)10-11-23(30)25(24)27(35)32-14-12-18(13-15-32)33-16-21(39-28(33)36)17-38-20-8-6-19(37-3)7-9-20/h6-11,18,21H,4-5,12-17H2,1-3H3. The minimum atomic E-state index is -0.943. The van der Waals surface area contributed by atoms with Crippen molar-refractivity contribution in [3.8, 4) is 11.5 Å². The van der Waals surface area contributed by atoms with Crippen molar-refractivity contribution in [3.63, 3.8) is 0 Å². The van der Waals surface area contributed by atoms with E-state index in [0.717, 1.165) is 12.1 Å².